The summed E-state index contributed by atoms with van der Waals surface area (Å²) in [6, 6.07) is 2.53. The molecular formula is C14H24N4. The van der Waals surface area contributed by atoms with Gasteiger partial charge in [0.1, 0.15) is 18.0 Å². The van der Waals surface area contributed by atoms with Crippen LogP contribution in [0.4, 0.5) is 11.6 Å². The van der Waals surface area contributed by atoms with Gasteiger partial charge in [0, 0.05) is 18.7 Å². The van der Waals surface area contributed by atoms with Crippen LogP contribution in [-0.4, -0.2) is 22.6 Å². The molecule has 1 aromatic rings. The third-order valence-electron chi connectivity index (χ3n) is 3.58. The van der Waals surface area contributed by atoms with Gasteiger partial charge >= 0.3 is 0 Å². The van der Waals surface area contributed by atoms with Gasteiger partial charge in [-0.15, -0.1) is 0 Å². The average molecular weight is 248 g/mol. The maximum absolute atomic E-state index is 4.30. The first-order chi connectivity index (χ1) is 8.59. The molecule has 0 amide bonds. The fourth-order valence-corrected chi connectivity index (χ4v) is 2.74. The quantitative estimate of drug-likeness (QED) is 0.858. The number of aromatic nitrogens is 2. The van der Waals surface area contributed by atoms with Gasteiger partial charge in [-0.05, 0) is 31.6 Å². The average Bonchev–Trinajstić information content (AvgIpc) is 2.28. The summed E-state index contributed by atoms with van der Waals surface area (Å²) in [5.41, 5.74) is 0.452. The minimum Gasteiger partial charge on any atom is -0.370 e. The monoisotopic (exact) mass is 248 g/mol. The van der Waals surface area contributed by atoms with Crippen molar-refractivity contribution in [3.8, 4) is 0 Å². The summed E-state index contributed by atoms with van der Waals surface area (Å²) in [5.74, 6) is 1.83. The fraction of sp³-hybridized carbons (Fsp3) is 0.714. The lowest BCUT2D eigenvalue weighted by Gasteiger charge is -2.35. The Balaban J connectivity index is 1.98. The largest absolute Gasteiger partial charge is 0.370 e. The topological polar surface area (TPSA) is 49.8 Å². The first-order valence-electron chi connectivity index (χ1n) is 6.91. The number of hydrogen-bond donors (Lipinski definition) is 2. The van der Waals surface area contributed by atoms with E-state index in [4.69, 9.17) is 0 Å². The Morgan fingerprint density at radius 2 is 2.11 bits per heavy atom. The molecule has 4 heteroatoms. The molecule has 1 aliphatic carbocycles. The van der Waals surface area contributed by atoms with Crippen LogP contribution in [0.5, 0.6) is 0 Å². The molecule has 1 atom stereocenters. The number of anilines is 2. The van der Waals surface area contributed by atoms with Gasteiger partial charge in [-0.25, -0.2) is 9.97 Å². The van der Waals surface area contributed by atoms with Crippen LogP contribution in [0.15, 0.2) is 12.4 Å². The molecular weight excluding hydrogens is 224 g/mol. The minimum atomic E-state index is 0.452. The molecule has 0 bridgehead atoms. The normalized spacial score (nSPS) is 22.5. The van der Waals surface area contributed by atoms with Crippen molar-refractivity contribution in [1.82, 2.24) is 9.97 Å². The Kier molecular flexibility index (Phi) is 4.04. The molecule has 0 aromatic carbocycles. The molecule has 1 saturated carbocycles. The van der Waals surface area contributed by atoms with Gasteiger partial charge in [-0.3, -0.25) is 0 Å². The highest BCUT2D eigenvalue weighted by atomic mass is 15.1. The van der Waals surface area contributed by atoms with E-state index >= 15 is 0 Å². The van der Waals surface area contributed by atoms with Crippen LogP contribution in [0.3, 0.4) is 0 Å². The van der Waals surface area contributed by atoms with Crippen molar-refractivity contribution in [2.45, 2.75) is 52.5 Å². The summed E-state index contributed by atoms with van der Waals surface area (Å²) in [6.07, 6.45) is 6.71. The fourth-order valence-electron chi connectivity index (χ4n) is 2.74. The zero-order valence-electron chi connectivity index (χ0n) is 11.7. The zero-order valence-corrected chi connectivity index (χ0v) is 11.7. The Morgan fingerprint density at radius 1 is 1.33 bits per heavy atom. The van der Waals surface area contributed by atoms with E-state index in [-0.39, 0.29) is 0 Å². The van der Waals surface area contributed by atoms with Crippen molar-refractivity contribution in [2.24, 2.45) is 5.41 Å². The third kappa shape index (κ3) is 3.59. The number of hydrogen-bond acceptors (Lipinski definition) is 4. The van der Waals surface area contributed by atoms with Crippen LogP contribution in [0.2, 0.25) is 0 Å². The van der Waals surface area contributed by atoms with Crippen molar-refractivity contribution in [2.75, 3.05) is 17.2 Å². The van der Waals surface area contributed by atoms with Crippen molar-refractivity contribution in [1.29, 1.82) is 0 Å². The maximum Gasteiger partial charge on any atom is 0.131 e. The standard InChI is InChI=1S/C14H24N4/c1-4-15-12-8-13(17-10-16-12)18-11-6-5-7-14(2,3)9-11/h8,10-11H,4-7,9H2,1-3H3,(H2,15,16,17,18). The minimum absolute atomic E-state index is 0.452. The second kappa shape index (κ2) is 5.55. The Bertz CT molecular complexity index is 389. The molecule has 0 saturated heterocycles. The van der Waals surface area contributed by atoms with Crippen LogP contribution >= 0.6 is 0 Å². The summed E-state index contributed by atoms with van der Waals surface area (Å²) in [6.45, 7) is 7.65. The molecule has 1 fully saturated rings. The SMILES string of the molecule is CCNc1cc(NC2CCCC(C)(C)C2)ncn1. The van der Waals surface area contributed by atoms with E-state index in [1.54, 1.807) is 6.33 Å². The highest BCUT2D eigenvalue weighted by Gasteiger charge is 2.27. The summed E-state index contributed by atoms with van der Waals surface area (Å²) in [7, 11) is 0. The van der Waals surface area contributed by atoms with Gasteiger partial charge in [0.2, 0.25) is 0 Å². The second-order valence-electron chi connectivity index (χ2n) is 5.92. The molecule has 18 heavy (non-hydrogen) atoms. The van der Waals surface area contributed by atoms with Gasteiger partial charge in [-0.1, -0.05) is 20.3 Å². The first kappa shape index (κ1) is 13.1. The maximum atomic E-state index is 4.30. The van der Waals surface area contributed by atoms with E-state index in [1.807, 2.05) is 6.07 Å². The number of nitrogens with one attached hydrogen (secondary N) is 2. The lowest BCUT2D eigenvalue weighted by Crippen LogP contribution is -2.32. The molecule has 2 N–H and O–H groups in total. The number of nitrogens with zero attached hydrogens (tertiary/aromatic N) is 2. The first-order valence-corrected chi connectivity index (χ1v) is 6.91. The van der Waals surface area contributed by atoms with Crippen LogP contribution in [0, 0.1) is 5.41 Å². The van der Waals surface area contributed by atoms with E-state index in [0.717, 1.165) is 18.2 Å². The van der Waals surface area contributed by atoms with Gasteiger partial charge in [0.15, 0.2) is 0 Å². The third-order valence-corrected chi connectivity index (χ3v) is 3.58. The number of rotatable bonds is 4. The Labute approximate surface area is 110 Å². The molecule has 1 unspecified atom stereocenters. The van der Waals surface area contributed by atoms with Crippen LogP contribution in [0.1, 0.15) is 46.5 Å². The zero-order chi connectivity index (χ0) is 13.0. The summed E-state index contributed by atoms with van der Waals surface area (Å²) >= 11 is 0. The highest BCUT2D eigenvalue weighted by Crippen LogP contribution is 2.36. The molecule has 0 radical (unpaired) electrons. The lowest BCUT2D eigenvalue weighted by molar-refractivity contribution is 0.229. The second-order valence-corrected chi connectivity index (χ2v) is 5.92. The smallest absolute Gasteiger partial charge is 0.131 e. The summed E-state index contributed by atoms with van der Waals surface area (Å²) in [4.78, 5) is 8.49. The van der Waals surface area contributed by atoms with Crippen molar-refractivity contribution >= 4 is 11.6 Å². The van der Waals surface area contributed by atoms with Gasteiger partial charge < -0.3 is 10.6 Å². The van der Waals surface area contributed by atoms with Crippen LogP contribution < -0.4 is 10.6 Å². The van der Waals surface area contributed by atoms with Crippen LogP contribution in [0.25, 0.3) is 0 Å². The Hall–Kier alpha value is -1.32. The Morgan fingerprint density at radius 3 is 2.83 bits per heavy atom. The predicted molar refractivity (Wildman–Crippen MR) is 75.9 cm³/mol. The molecule has 0 spiro atoms. The van der Waals surface area contributed by atoms with Gasteiger partial charge in [0.05, 0.1) is 0 Å². The van der Waals surface area contributed by atoms with Crippen molar-refractivity contribution in [3.63, 3.8) is 0 Å². The van der Waals surface area contributed by atoms with E-state index in [0.29, 0.717) is 11.5 Å². The van der Waals surface area contributed by atoms with Crippen molar-refractivity contribution < 1.29 is 0 Å². The van der Waals surface area contributed by atoms with E-state index in [2.05, 4.69) is 41.4 Å². The highest BCUT2D eigenvalue weighted by molar-refractivity contribution is 5.46. The summed E-state index contributed by atoms with van der Waals surface area (Å²) in [5, 5.41) is 6.75. The molecule has 4 nitrogen and oxygen atoms in total. The van der Waals surface area contributed by atoms with E-state index in [1.165, 1.54) is 25.7 Å². The van der Waals surface area contributed by atoms with E-state index in [9.17, 15) is 0 Å². The molecule has 1 aliphatic rings. The molecule has 1 aromatic heterocycles. The molecule has 2 rings (SSSR count). The van der Waals surface area contributed by atoms with E-state index < -0.39 is 0 Å². The molecule has 0 aliphatic heterocycles. The molecule has 1 heterocycles. The summed E-state index contributed by atoms with van der Waals surface area (Å²) < 4.78 is 0. The molecule has 100 valence electrons. The van der Waals surface area contributed by atoms with Gasteiger partial charge in [0.25, 0.3) is 0 Å². The van der Waals surface area contributed by atoms with Crippen molar-refractivity contribution in [3.05, 3.63) is 12.4 Å². The predicted octanol–water partition coefficient (Wildman–Crippen LogP) is 3.29. The van der Waals surface area contributed by atoms with Crippen LogP contribution in [-0.2, 0) is 0 Å². The lowest BCUT2D eigenvalue weighted by atomic mass is 9.75. The van der Waals surface area contributed by atoms with Gasteiger partial charge in [-0.2, -0.15) is 0 Å².